The Bertz CT molecular complexity index is 1050. The number of nitrogens with zero attached hydrogens (tertiary/aromatic N) is 2. The number of ether oxygens (including phenoxy) is 5. The van der Waals surface area contributed by atoms with Gasteiger partial charge in [0.1, 0.15) is 24.0 Å². The molecule has 0 aromatic carbocycles. The Morgan fingerprint density at radius 1 is 1.05 bits per heavy atom. The molecular formula is C31H55N3O10. The number of fused-ring (bicyclic) bond motifs is 1. The van der Waals surface area contributed by atoms with Gasteiger partial charge in [-0.1, -0.05) is 27.7 Å². The van der Waals surface area contributed by atoms with Crippen LogP contribution in [0.3, 0.4) is 0 Å². The third-order valence-corrected chi connectivity index (χ3v) is 10.3. The van der Waals surface area contributed by atoms with E-state index in [-0.39, 0.29) is 30.8 Å². The first-order chi connectivity index (χ1) is 20.3. The van der Waals surface area contributed by atoms with E-state index >= 15 is 0 Å². The molecule has 44 heavy (non-hydrogen) atoms. The van der Waals surface area contributed by atoms with E-state index in [4.69, 9.17) is 29.5 Å². The van der Waals surface area contributed by atoms with Gasteiger partial charge in [-0.2, -0.15) is 0 Å². The molecule has 3 fully saturated rings. The molecule has 13 unspecified atom stereocenters. The number of carbonyl (C=O) groups is 3. The molecule has 3 saturated heterocycles. The fraction of sp³-hybridized carbons (Fsp3) is 0.903. The molecule has 254 valence electrons. The predicted molar refractivity (Wildman–Crippen MR) is 160 cm³/mol. The third kappa shape index (κ3) is 6.79. The molecule has 14 atom stereocenters. The van der Waals surface area contributed by atoms with Crippen molar-refractivity contribution in [2.24, 2.45) is 29.5 Å². The molecule has 4 N–H and O–H groups in total. The summed E-state index contributed by atoms with van der Waals surface area (Å²) in [5, 5.41) is 23.8. The minimum Gasteiger partial charge on any atom is -0.458 e. The largest absolute Gasteiger partial charge is 0.458 e. The van der Waals surface area contributed by atoms with E-state index in [1.807, 2.05) is 25.9 Å². The molecule has 0 aromatic rings. The van der Waals surface area contributed by atoms with Gasteiger partial charge in [0.05, 0.1) is 29.8 Å². The number of aliphatic hydroxyl groups excluding tert-OH is 2. The smallest absolute Gasteiger partial charge is 0.425 e. The number of nitrogens with two attached hydrogens (primary N) is 1. The van der Waals surface area contributed by atoms with E-state index in [0.717, 1.165) is 5.01 Å². The van der Waals surface area contributed by atoms with Gasteiger partial charge in [-0.25, -0.2) is 15.6 Å². The Morgan fingerprint density at radius 2 is 1.66 bits per heavy atom. The number of ketones is 1. The van der Waals surface area contributed by atoms with Crippen molar-refractivity contribution in [1.29, 1.82) is 0 Å². The van der Waals surface area contributed by atoms with Gasteiger partial charge in [-0.15, -0.1) is 0 Å². The number of amides is 1. The van der Waals surface area contributed by atoms with Crippen LogP contribution in [0.1, 0.15) is 74.7 Å². The number of aliphatic hydroxyl groups is 2. The second-order valence-corrected chi connectivity index (χ2v) is 13.8. The zero-order chi connectivity index (χ0) is 33.5. The Morgan fingerprint density at radius 3 is 2.20 bits per heavy atom. The number of Topliss-reactive ketones (excluding diaryl/α,β-unsaturated/α-hetero) is 1. The summed E-state index contributed by atoms with van der Waals surface area (Å²) < 4.78 is 30.3. The van der Waals surface area contributed by atoms with Crippen molar-refractivity contribution < 1.29 is 48.3 Å². The summed E-state index contributed by atoms with van der Waals surface area (Å²) in [7, 11) is 5.24. The van der Waals surface area contributed by atoms with Crippen molar-refractivity contribution in [1.82, 2.24) is 9.91 Å². The van der Waals surface area contributed by atoms with E-state index in [0.29, 0.717) is 6.42 Å². The molecule has 0 aliphatic carbocycles. The molecule has 3 aliphatic heterocycles. The lowest BCUT2D eigenvalue weighted by atomic mass is 9.73. The number of hydrazine groups is 1. The highest BCUT2D eigenvalue weighted by molar-refractivity contribution is 5.85. The average Bonchev–Trinajstić information content (AvgIpc) is 3.20. The first-order valence-corrected chi connectivity index (χ1v) is 15.7. The lowest BCUT2D eigenvalue weighted by Gasteiger charge is -2.48. The number of methoxy groups -OCH3 is 1. The second kappa shape index (κ2) is 13.9. The third-order valence-electron chi connectivity index (χ3n) is 10.3. The molecule has 3 aliphatic rings. The molecule has 0 spiro atoms. The maximum absolute atomic E-state index is 14.0. The van der Waals surface area contributed by atoms with Crippen molar-refractivity contribution >= 4 is 17.8 Å². The Balaban J connectivity index is 2.11. The van der Waals surface area contributed by atoms with Crippen molar-refractivity contribution in [2.45, 2.75) is 135 Å². The summed E-state index contributed by atoms with van der Waals surface area (Å²) in [6, 6.07) is -1.18. The zero-order valence-electron chi connectivity index (χ0n) is 28.2. The number of hydrogen-bond donors (Lipinski definition) is 3. The van der Waals surface area contributed by atoms with E-state index in [1.54, 1.807) is 48.5 Å². The topological polar surface area (TPSA) is 170 Å². The normalized spacial score (nSPS) is 46.3. The lowest BCUT2D eigenvalue weighted by molar-refractivity contribution is -0.301. The fourth-order valence-corrected chi connectivity index (χ4v) is 7.56. The molecule has 1 amide bonds. The molecule has 0 bridgehead atoms. The van der Waals surface area contributed by atoms with Crippen molar-refractivity contribution in [2.75, 3.05) is 21.2 Å². The first kappa shape index (κ1) is 36.6. The molecule has 0 saturated carbocycles. The zero-order valence-corrected chi connectivity index (χ0v) is 28.2. The SMILES string of the molecule is CC[C@H]1OC(=O)C(C)C(O)C(C)C(OC2OC(C)CC(N(C)C)C2O)C(C)(OC)CC(C)C(=O)C(C)C2N(N)C(=O)OC21C. The van der Waals surface area contributed by atoms with Gasteiger partial charge >= 0.3 is 12.1 Å². The van der Waals surface area contributed by atoms with Gasteiger partial charge < -0.3 is 38.8 Å². The van der Waals surface area contributed by atoms with Crippen LogP contribution in [-0.4, -0.2) is 119 Å². The van der Waals surface area contributed by atoms with Gasteiger partial charge in [-0.05, 0) is 61.1 Å². The number of hydrogen-bond acceptors (Lipinski definition) is 12. The quantitative estimate of drug-likeness (QED) is 0.230. The predicted octanol–water partition coefficient (Wildman–Crippen LogP) is 1.86. The van der Waals surface area contributed by atoms with Gasteiger partial charge in [0.2, 0.25) is 0 Å². The highest BCUT2D eigenvalue weighted by Gasteiger charge is 2.60. The Hall–Kier alpha value is -1.87. The van der Waals surface area contributed by atoms with Crippen LogP contribution < -0.4 is 5.84 Å². The van der Waals surface area contributed by atoms with Crippen LogP contribution in [-0.2, 0) is 33.3 Å². The fourth-order valence-electron chi connectivity index (χ4n) is 7.56. The van der Waals surface area contributed by atoms with Gasteiger partial charge in [0, 0.05) is 30.9 Å². The van der Waals surface area contributed by atoms with E-state index < -0.39 is 83.7 Å². The number of likely N-dealkylation sites (N-methyl/N-ethyl adjacent to an activating group) is 1. The van der Waals surface area contributed by atoms with Crippen LogP contribution >= 0.6 is 0 Å². The number of rotatable bonds is 5. The first-order valence-electron chi connectivity index (χ1n) is 15.7. The summed E-state index contributed by atoms with van der Waals surface area (Å²) in [6.07, 6.45) is -5.28. The van der Waals surface area contributed by atoms with E-state index in [1.165, 1.54) is 7.11 Å². The summed E-state index contributed by atoms with van der Waals surface area (Å²) in [5.41, 5.74) is -2.62. The van der Waals surface area contributed by atoms with Crippen LogP contribution in [0.2, 0.25) is 0 Å². The standard InChI is InChI=1S/C31H55N3O10/c1-12-21-31(8)25(34(32)29(39)44-31)17(4)22(35)15(2)14-30(7,40-11)26(18(5)23(36)19(6)27(38)42-21)43-28-24(37)20(33(9)10)13-16(3)41-28/h15-21,23-26,28,36-37H,12-14,32H2,1-11H3/t15?,16?,17?,18?,19?,20?,21-,23?,24?,25?,26?,28?,30?,31?/m1/s1. The van der Waals surface area contributed by atoms with Crippen LogP contribution in [0, 0.1) is 23.7 Å². The summed E-state index contributed by atoms with van der Waals surface area (Å²) >= 11 is 0. The molecule has 13 heteroatoms. The average molecular weight is 630 g/mol. The maximum atomic E-state index is 14.0. The van der Waals surface area contributed by atoms with Crippen molar-refractivity contribution in [3.05, 3.63) is 0 Å². The summed E-state index contributed by atoms with van der Waals surface area (Å²) in [6.45, 7) is 13.8. The molecule has 3 rings (SSSR count). The van der Waals surface area contributed by atoms with Gasteiger partial charge in [-0.3, -0.25) is 9.59 Å². The Labute approximate surface area is 261 Å². The molecule has 13 nitrogen and oxygen atoms in total. The molecular weight excluding hydrogens is 574 g/mol. The molecule has 0 aromatic heterocycles. The van der Waals surface area contributed by atoms with E-state index in [9.17, 15) is 24.6 Å². The van der Waals surface area contributed by atoms with Crippen LogP contribution in [0.5, 0.6) is 0 Å². The van der Waals surface area contributed by atoms with Crippen molar-refractivity contribution in [3.63, 3.8) is 0 Å². The Kier molecular flexibility index (Phi) is 11.5. The summed E-state index contributed by atoms with van der Waals surface area (Å²) in [5.74, 6) is 2.08. The monoisotopic (exact) mass is 629 g/mol. The lowest BCUT2D eigenvalue weighted by Crippen LogP contribution is -2.61. The van der Waals surface area contributed by atoms with Crippen LogP contribution in [0.4, 0.5) is 4.79 Å². The highest BCUT2D eigenvalue weighted by atomic mass is 16.7. The maximum Gasteiger partial charge on any atom is 0.425 e. The summed E-state index contributed by atoms with van der Waals surface area (Å²) in [4.78, 5) is 42.3. The highest BCUT2D eigenvalue weighted by Crippen LogP contribution is 2.42. The van der Waals surface area contributed by atoms with Crippen LogP contribution in [0.15, 0.2) is 0 Å². The van der Waals surface area contributed by atoms with Gasteiger partial charge in [0.25, 0.3) is 0 Å². The number of esters is 1. The van der Waals surface area contributed by atoms with E-state index in [2.05, 4.69) is 0 Å². The van der Waals surface area contributed by atoms with Gasteiger partial charge in [0.15, 0.2) is 11.9 Å². The van der Waals surface area contributed by atoms with Crippen molar-refractivity contribution in [3.8, 4) is 0 Å². The minimum absolute atomic E-state index is 0.155. The van der Waals surface area contributed by atoms with Crippen LogP contribution in [0.25, 0.3) is 0 Å². The molecule has 3 heterocycles. The number of cyclic esters (lactones) is 1. The minimum atomic E-state index is -1.42. The molecule has 0 radical (unpaired) electrons. The number of carbonyl (C=O) groups excluding carboxylic acids is 3. The second-order valence-electron chi connectivity index (χ2n) is 13.8.